The third-order valence-corrected chi connectivity index (χ3v) is 3.21. The molecule has 2 N–H and O–H groups in total. The lowest BCUT2D eigenvalue weighted by Gasteiger charge is -2.11. The van der Waals surface area contributed by atoms with Gasteiger partial charge in [0.25, 0.3) is 5.91 Å². The molecule has 0 saturated carbocycles. The van der Waals surface area contributed by atoms with Crippen LogP contribution >= 0.6 is 0 Å². The average molecular weight is 272 g/mol. The van der Waals surface area contributed by atoms with Crippen LogP contribution in [-0.4, -0.2) is 43.1 Å². The van der Waals surface area contributed by atoms with Crippen LogP contribution in [0.25, 0.3) is 10.8 Å². The monoisotopic (exact) mass is 272 g/mol. The summed E-state index contributed by atoms with van der Waals surface area (Å²) in [6.45, 7) is 1.52. The lowest BCUT2D eigenvalue weighted by molar-refractivity contribution is 0.0950. The fourth-order valence-corrected chi connectivity index (χ4v) is 2.13. The summed E-state index contributed by atoms with van der Waals surface area (Å²) in [7, 11) is 3.99. The molecule has 0 fully saturated rings. The zero-order valence-corrected chi connectivity index (χ0v) is 11.9. The fraction of sp³-hybridized carbons (Fsp3) is 0.312. The molecule has 0 radical (unpaired) electrons. The molecule has 0 unspecified atom stereocenters. The van der Waals surface area contributed by atoms with Crippen LogP contribution in [0.15, 0.2) is 36.4 Å². The predicted octanol–water partition coefficient (Wildman–Crippen LogP) is 2.23. The van der Waals surface area contributed by atoms with E-state index in [2.05, 4.69) is 10.2 Å². The standard InChI is InChI=1S/C16H20N2O2/c1-18(2)11-5-10-17-16(20)14-9-8-12-6-3-4-7-13(12)15(14)19/h3-4,6-9,19H,5,10-11H2,1-2H3,(H,17,20). The topological polar surface area (TPSA) is 52.6 Å². The van der Waals surface area contributed by atoms with Crippen molar-refractivity contribution in [3.8, 4) is 5.75 Å². The van der Waals surface area contributed by atoms with Gasteiger partial charge in [0.2, 0.25) is 0 Å². The second-order valence-electron chi connectivity index (χ2n) is 5.10. The van der Waals surface area contributed by atoms with Gasteiger partial charge in [-0.25, -0.2) is 0 Å². The van der Waals surface area contributed by atoms with E-state index in [9.17, 15) is 9.90 Å². The first kappa shape index (κ1) is 14.3. The predicted molar refractivity (Wildman–Crippen MR) is 81.1 cm³/mol. The molecular weight excluding hydrogens is 252 g/mol. The fourth-order valence-electron chi connectivity index (χ4n) is 2.13. The van der Waals surface area contributed by atoms with Crippen LogP contribution in [-0.2, 0) is 0 Å². The van der Waals surface area contributed by atoms with Crippen molar-refractivity contribution < 1.29 is 9.90 Å². The van der Waals surface area contributed by atoms with Gasteiger partial charge in [-0.05, 0) is 38.5 Å². The molecule has 0 saturated heterocycles. The Hall–Kier alpha value is -2.07. The van der Waals surface area contributed by atoms with Gasteiger partial charge < -0.3 is 15.3 Å². The zero-order chi connectivity index (χ0) is 14.5. The minimum atomic E-state index is -0.230. The van der Waals surface area contributed by atoms with Crippen LogP contribution in [0.4, 0.5) is 0 Å². The number of nitrogens with zero attached hydrogens (tertiary/aromatic N) is 1. The lowest BCUT2D eigenvalue weighted by atomic mass is 10.0. The average Bonchev–Trinajstić information content (AvgIpc) is 2.44. The molecule has 4 heteroatoms. The SMILES string of the molecule is CN(C)CCCNC(=O)c1ccc2ccccc2c1O. The third kappa shape index (κ3) is 3.27. The van der Waals surface area contributed by atoms with Gasteiger partial charge in [-0.1, -0.05) is 30.3 Å². The molecule has 0 aromatic heterocycles. The Morgan fingerprint density at radius 2 is 1.95 bits per heavy atom. The maximum Gasteiger partial charge on any atom is 0.255 e. The first-order valence-corrected chi connectivity index (χ1v) is 6.73. The van der Waals surface area contributed by atoms with Gasteiger partial charge in [-0.3, -0.25) is 4.79 Å². The first-order valence-electron chi connectivity index (χ1n) is 6.73. The number of carbonyl (C=O) groups excluding carboxylic acids is 1. The van der Waals surface area contributed by atoms with Gasteiger partial charge in [0.1, 0.15) is 5.75 Å². The van der Waals surface area contributed by atoms with E-state index in [1.54, 1.807) is 6.07 Å². The maximum absolute atomic E-state index is 12.1. The number of hydrogen-bond donors (Lipinski definition) is 2. The molecule has 4 nitrogen and oxygen atoms in total. The van der Waals surface area contributed by atoms with Gasteiger partial charge in [0, 0.05) is 11.9 Å². The van der Waals surface area contributed by atoms with Crippen LogP contribution in [0.1, 0.15) is 16.8 Å². The van der Waals surface area contributed by atoms with E-state index in [1.807, 2.05) is 44.4 Å². The van der Waals surface area contributed by atoms with Gasteiger partial charge in [0.05, 0.1) is 5.56 Å². The molecule has 0 atom stereocenters. The first-order chi connectivity index (χ1) is 9.59. The van der Waals surface area contributed by atoms with Crippen LogP contribution < -0.4 is 5.32 Å². The van der Waals surface area contributed by atoms with E-state index in [0.29, 0.717) is 17.5 Å². The summed E-state index contributed by atoms with van der Waals surface area (Å²) in [4.78, 5) is 14.1. The van der Waals surface area contributed by atoms with Crippen LogP contribution in [0.2, 0.25) is 0 Å². The molecule has 2 aromatic carbocycles. The highest BCUT2D eigenvalue weighted by molar-refractivity contribution is 6.03. The highest BCUT2D eigenvalue weighted by atomic mass is 16.3. The van der Waals surface area contributed by atoms with Gasteiger partial charge in [-0.2, -0.15) is 0 Å². The van der Waals surface area contributed by atoms with Crippen molar-refractivity contribution in [1.29, 1.82) is 0 Å². The van der Waals surface area contributed by atoms with Crippen molar-refractivity contribution in [3.05, 3.63) is 42.0 Å². The quantitative estimate of drug-likeness (QED) is 0.821. The third-order valence-electron chi connectivity index (χ3n) is 3.21. The van der Waals surface area contributed by atoms with E-state index < -0.39 is 0 Å². The van der Waals surface area contributed by atoms with Crippen molar-refractivity contribution in [3.63, 3.8) is 0 Å². The normalized spacial score (nSPS) is 10.9. The minimum absolute atomic E-state index is 0.0493. The number of carbonyl (C=O) groups is 1. The Balaban J connectivity index is 2.08. The Bertz CT molecular complexity index is 608. The van der Waals surface area contributed by atoms with E-state index >= 15 is 0 Å². The number of nitrogens with one attached hydrogen (secondary N) is 1. The highest BCUT2D eigenvalue weighted by Gasteiger charge is 2.12. The molecule has 0 heterocycles. The number of phenols is 1. The Labute approximate surface area is 119 Å². The van der Waals surface area contributed by atoms with E-state index in [-0.39, 0.29) is 11.7 Å². The molecule has 20 heavy (non-hydrogen) atoms. The molecule has 2 aromatic rings. The number of aromatic hydroxyl groups is 1. The van der Waals surface area contributed by atoms with Gasteiger partial charge in [0.15, 0.2) is 0 Å². The van der Waals surface area contributed by atoms with Crippen molar-refractivity contribution in [2.75, 3.05) is 27.2 Å². The molecule has 2 rings (SSSR count). The summed E-state index contributed by atoms with van der Waals surface area (Å²) < 4.78 is 0. The second-order valence-corrected chi connectivity index (χ2v) is 5.10. The molecule has 1 amide bonds. The highest BCUT2D eigenvalue weighted by Crippen LogP contribution is 2.28. The molecule has 0 aliphatic carbocycles. The number of fused-ring (bicyclic) bond motifs is 1. The van der Waals surface area contributed by atoms with Crippen molar-refractivity contribution in [2.45, 2.75) is 6.42 Å². The van der Waals surface area contributed by atoms with Crippen molar-refractivity contribution in [2.24, 2.45) is 0 Å². The van der Waals surface area contributed by atoms with Crippen LogP contribution in [0.3, 0.4) is 0 Å². The van der Waals surface area contributed by atoms with Crippen molar-refractivity contribution >= 4 is 16.7 Å². The Morgan fingerprint density at radius 3 is 2.70 bits per heavy atom. The summed E-state index contributed by atoms with van der Waals surface area (Å²) >= 11 is 0. The zero-order valence-electron chi connectivity index (χ0n) is 11.9. The van der Waals surface area contributed by atoms with Crippen LogP contribution in [0, 0.1) is 0 Å². The van der Waals surface area contributed by atoms with E-state index in [4.69, 9.17) is 0 Å². The summed E-state index contributed by atoms with van der Waals surface area (Å²) in [6.07, 6.45) is 0.882. The molecule has 0 aliphatic rings. The number of hydrogen-bond acceptors (Lipinski definition) is 3. The molecule has 0 spiro atoms. The minimum Gasteiger partial charge on any atom is -0.506 e. The second kappa shape index (κ2) is 6.39. The summed E-state index contributed by atoms with van der Waals surface area (Å²) in [5.74, 6) is -0.180. The molecule has 106 valence electrons. The number of rotatable bonds is 5. The number of amides is 1. The lowest BCUT2D eigenvalue weighted by Crippen LogP contribution is -2.27. The van der Waals surface area contributed by atoms with E-state index in [0.717, 1.165) is 18.4 Å². The Kier molecular flexibility index (Phi) is 4.58. The summed E-state index contributed by atoms with van der Waals surface area (Å²) in [5, 5.41) is 14.7. The van der Waals surface area contributed by atoms with Crippen molar-refractivity contribution in [1.82, 2.24) is 10.2 Å². The largest absolute Gasteiger partial charge is 0.506 e. The maximum atomic E-state index is 12.1. The molecule has 0 aliphatic heterocycles. The summed E-state index contributed by atoms with van der Waals surface area (Å²) in [5.41, 5.74) is 0.327. The summed E-state index contributed by atoms with van der Waals surface area (Å²) in [6, 6.07) is 11.0. The molecular formula is C16H20N2O2. The van der Waals surface area contributed by atoms with Gasteiger partial charge in [-0.15, -0.1) is 0 Å². The number of phenolic OH excluding ortho intramolecular Hbond substituents is 1. The number of benzene rings is 2. The molecule has 0 bridgehead atoms. The van der Waals surface area contributed by atoms with E-state index in [1.165, 1.54) is 0 Å². The smallest absolute Gasteiger partial charge is 0.255 e. The van der Waals surface area contributed by atoms with Gasteiger partial charge >= 0.3 is 0 Å². The van der Waals surface area contributed by atoms with Crippen LogP contribution in [0.5, 0.6) is 5.75 Å². The Morgan fingerprint density at radius 1 is 1.20 bits per heavy atom.